The average molecular weight is 426 g/mol. The SMILES string of the molecule is CNC(=O)N(O)c1cccc(I)c1COc1ccc(C)cc1C. The third-order valence-corrected chi connectivity index (χ3v) is 4.44. The highest BCUT2D eigenvalue weighted by Gasteiger charge is 2.18. The first-order valence-electron chi connectivity index (χ1n) is 7.12. The summed E-state index contributed by atoms with van der Waals surface area (Å²) in [7, 11) is 1.46. The molecule has 2 rings (SSSR count). The largest absolute Gasteiger partial charge is 0.489 e. The smallest absolute Gasteiger partial charge is 0.345 e. The van der Waals surface area contributed by atoms with E-state index in [0.29, 0.717) is 10.8 Å². The molecule has 0 aliphatic heterocycles. The number of hydroxylamine groups is 1. The van der Waals surface area contributed by atoms with Crippen LogP contribution >= 0.6 is 22.6 Å². The van der Waals surface area contributed by atoms with Crippen LogP contribution in [0.2, 0.25) is 0 Å². The van der Waals surface area contributed by atoms with Gasteiger partial charge in [0.25, 0.3) is 0 Å². The number of urea groups is 1. The number of hydrogen-bond acceptors (Lipinski definition) is 3. The fourth-order valence-corrected chi connectivity index (χ4v) is 2.85. The van der Waals surface area contributed by atoms with Crippen LogP contribution in [0.5, 0.6) is 5.75 Å². The van der Waals surface area contributed by atoms with Crippen molar-refractivity contribution < 1.29 is 14.7 Å². The van der Waals surface area contributed by atoms with Gasteiger partial charge in [-0.3, -0.25) is 5.21 Å². The molecule has 23 heavy (non-hydrogen) atoms. The number of halogens is 1. The van der Waals surface area contributed by atoms with Gasteiger partial charge in [0.2, 0.25) is 0 Å². The molecule has 122 valence electrons. The van der Waals surface area contributed by atoms with Crippen molar-refractivity contribution in [3.8, 4) is 5.75 Å². The Kier molecular flexibility index (Phi) is 5.84. The van der Waals surface area contributed by atoms with Crippen molar-refractivity contribution in [1.29, 1.82) is 0 Å². The van der Waals surface area contributed by atoms with Gasteiger partial charge in [-0.1, -0.05) is 23.8 Å². The molecular weight excluding hydrogens is 407 g/mol. The summed E-state index contributed by atoms with van der Waals surface area (Å²) in [6.45, 7) is 4.27. The summed E-state index contributed by atoms with van der Waals surface area (Å²) in [5.41, 5.74) is 3.37. The van der Waals surface area contributed by atoms with Crippen LogP contribution in [0.1, 0.15) is 16.7 Å². The van der Waals surface area contributed by atoms with E-state index in [2.05, 4.69) is 34.0 Å². The van der Waals surface area contributed by atoms with Gasteiger partial charge in [-0.05, 0) is 60.2 Å². The van der Waals surface area contributed by atoms with Crippen LogP contribution in [0.25, 0.3) is 0 Å². The molecule has 2 aromatic carbocycles. The summed E-state index contributed by atoms with van der Waals surface area (Å²) < 4.78 is 6.80. The summed E-state index contributed by atoms with van der Waals surface area (Å²) in [6, 6.07) is 10.7. The predicted molar refractivity (Wildman–Crippen MR) is 98.1 cm³/mol. The maximum absolute atomic E-state index is 11.7. The molecule has 5 nitrogen and oxygen atoms in total. The van der Waals surface area contributed by atoms with E-state index in [1.54, 1.807) is 12.1 Å². The topological polar surface area (TPSA) is 61.8 Å². The maximum Gasteiger partial charge on any atom is 0.345 e. The van der Waals surface area contributed by atoms with E-state index >= 15 is 0 Å². The summed E-state index contributed by atoms with van der Waals surface area (Å²) in [4.78, 5) is 11.7. The standard InChI is InChI=1S/C17H19IN2O3/c1-11-7-8-16(12(2)9-11)23-10-13-14(18)5-4-6-15(13)20(22)17(21)19-3/h4-9,22H,10H2,1-3H3,(H,19,21). The van der Waals surface area contributed by atoms with Gasteiger partial charge < -0.3 is 10.1 Å². The number of nitrogens with zero attached hydrogens (tertiary/aromatic N) is 1. The van der Waals surface area contributed by atoms with E-state index in [1.807, 2.05) is 32.0 Å². The minimum atomic E-state index is -0.597. The van der Waals surface area contributed by atoms with Crippen molar-refractivity contribution in [3.63, 3.8) is 0 Å². The Hall–Kier alpha value is -1.80. The lowest BCUT2D eigenvalue weighted by Gasteiger charge is -2.20. The van der Waals surface area contributed by atoms with Gasteiger partial charge in [-0.15, -0.1) is 0 Å². The van der Waals surface area contributed by atoms with Crippen molar-refractivity contribution in [2.45, 2.75) is 20.5 Å². The normalized spacial score (nSPS) is 10.3. The van der Waals surface area contributed by atoms with Crippen molar-refractivity contribution in [2.24, 2.45) is 0 Å². The second-order valence-corrected chi connectivity index (χ2v) is 6.32. The van der Waals surface area contributed by atoms with Crippen molar-refractivity contribution in [3.05, 3.63) is 56.7 Å². The monoisotopic (exact) mass is 426 g/mol. The Bertz CT molecular complexity index is 719. The van der Waals surface area contributed by atoms with E-state index in [-0.39, 0.29) is 6.61 Å². The van der Waals surface area contributed by atoms with Gasteiger partial charge in [-0.2, -0.15) is 5.06 Å². The van der Waals surface area contributed by atoms with Gasteiger partial charge >= 0.3 is 6.03 Å². The van der Waals surface area contributed by atoms with Crippen molar-refractivity contribution in [2.75, 3.05) is 12.1 Å². The van der Waals surface area contributed by atoms with Gasteiger partial charge in [-0.25, -0.2) is 4.79 Å². The molecule has 0 atom stereocenters. The predicted octanol–water partition coefficient (Wildman–Crippen LogP) is 4.02. The molecule has 0 saturated carbocycles. The molecule has 0 fully saturated rings. The number of aryl methyl sites for hydroxylation is 2. The second-order valence-electron chi connectivity index (χ2n) is 5.16. The summed E-state index contributed by atoms with van der Waals surface area (Å²) in [5, 5.41) is 13.0. The lowest BCUT2D eigenvalue weighted by atomic mass is 10.1. The van der Waals surface area contributed by atoms with Crippen LogP contribution in [-0.4, -0.2) is 18.3 Å². The molecule has 0 aliphatic rings. The Balaban J connectivity index is 2.27. The molecule has 0 aliphatic carbocycles. The molecule has 2 amide bonds. The Morgan fingerprint density at radius 2 is 2.04 bits per heavy atom. The number of anilines is 1. The molecule has 2 aromatic rings. The van der Waals surface area contributed by atoms with Crippen LogP contribution in [0, 0.1) is 17.4 Å². The number of carbonyl (C=O) groups excluding carboxylic acids is 1. The molecule has 0 saturated heterocycles. The zero-order chi connectivity index (χ0) is 17.0. The molecule has 6 heteroatoms. The molecule has 2 N–H and O–H groups in total. The Morgan fingerprint density at radius 3 is 2.70 bits per heavy atom. The molecule has 0 radical (unpaired) electrons. The van der Waals surface area contributed by atoms with Crippen LogP contribution in [0.3, 0.4) is 0 Å². The lowest BCUT2D eigenvalue weighted by Crippen LogP contribution is -2.36. The second kappa shape index (κ2) is 7.65. The zero-order valence-electron chi connectivity index (χ0n) is 13.3. The first-order valence-corrected chi connectivity index (χ1v) is 8.20. The Labute approximate surface area is 149 Å². The minimum Gasteiger partial charge on any atom is -0.489 e. The number of ether oxygens (including phenoxy) is 1. The fourth-order valence-electron chi connectivity index (χ4n) is 2.22. The zero-order valence-corrected chi connectivity index (χ0v) is 15.4. The first-order chi connectivity index (χ1) is 10.9. The number of nitrogens with one attached hydrogen (secondary N) is 1. The van der Waals surface area contributed by atoms with Gasteiger partial charge in [0.15, 0.2) is 0 Å². The molecular formula is C17H19IN2O3. The van der Waals surface area contributed by atoms with Crippen LogP contribution in [-0.2, 0) is 6.61 Å². The van der Waals surface area contributed by atoms with Gasteiger partial charge in [0, 0.05) is 16.2 Å². The first kappa shape index (κ1) is 17.6. The molecule has 0 aromatic heterocycles. The lowest BCUT2D eigenvalue weighted by molar-refractivity contribution is 0.205. The number of carbonyl (C=O) groups is 1. The van der Waals surface area contributed by atoms with Gasteiger partial charge in [0.05, 0.1) is 5.69 Å². The van der Waals surface area contributed by atoms with Crippen LogP contribution < -0.4 is 15.1 Å². The number of amides is 2. The minimum absolute atomic E-state index is 0.256. The molecule has 0 unspecified atom stereocenters. The highest BCUT2D eigenvalue weighted by Crippen LogP contribution is 2.27. The summed E-state index contributed by atoms with van der Waals surface area (Å²) in [6.07, 6.45) is 0. The molecule has 0 spiro atoms. The van der Waals surface area contributed by atoms with E-state index in [0.717, 1.165) is 20.4 Å². The highest BCUT2D eigenvalue weighted by molar-refractivity contribution is 14.1. The van der Waals surface area contributed by atoms with E-state index < -0.39 is 6.03 Å². The number of hydrogen-bond donors (Lipinski definition) is 2. The van der Waals surface area contributed by atoms with E-state index in [1.165, 1.54) is 12.6 Å². The van der Waals surface area contributed by atoms with Gasteiger partial charge in [0.1, 0.15) is 12.4 Å². The molecule has 0 heterocycles. The van der Waals surface area contributed by atoms with Crippen LogP contribution in [0.4, 0.5) is 10.5 Å². The van der Waals surface area contributed by atoms with Crippen molar-refractivity contribution >= 4 is 34.3 Å². The van der Waals surface area contributed by atoms with Crippen molar-refractivity contribution in [1.82, 2.24) is 5.32 Å². The van der Waals surface area contributed by atoms with E-state index in [9.17, 15) is 10.0 Å². The third-order valence-electron chi connectivity index (χ3n) is 3.43. The summed E-state index contributed by atoms with van der Waals surface area (Å²) in [5.74, 6) is 0.783. The van der Waals surface area contributed by atoms with E-state index in [4.69, 9.17) is 4.74 Å². The Morgan fingerprint density at radius 1 is 1.30 bits per heavy atom. The third kappa shape index (κ3) is 4.14. The quantitative estimate of drug-likeness (QED) is 0.441. The average Bonchev–Trinajstić information content (AvgIpc) is 2.53. The maximum atomic E-state index is 11.7. The number of rotatable bonds is 4. The highest BCUT2D eigenvalue weighted by atomic mass is 127. The fraction of sp³-hybridized carbons (Fsp3) is 0.235. The number of benzene rings is 2. The summed E-state index contributed by atoms with van der Waals surface area (Å²) >= 11 is 2.16. The molecule has 0 bridgehead atoms. The van der Waals surface area contributed by atoms with Crippen LogP contribution in [0.15, 0.2) is 36.4 Å².